The molecule has 2 aliphatic heterocycles. The van der Waals surface area contributed by atoms with E-state index in [1.807, 2.05) is 13.0 Å². The quantitative estimate of drug-likeness (QED) is 0.564. The van der Waals surface area contributed by atoms with Gasteiger partial charge < -0.3 is 9.47 Å². The summed E-state index contributed by atoms with van der Waals surface area (Å²) in [6, 6.07) is 0. The second-order valence-electron chi connectivity index (χ2n) is 5.00. The summed E-state index contributed by atoms with van der Waals surface area (Å²) in [5, 5.41) is 0. The lowest BCUT2D eigenvalue weighted by Crippen LogP contribution is -2.08. The Morgan fingerprint density at radius 1 is 1.47 bits per heavy atom. The van der Waals surface area contributed by atoms with Gasteiger partial charge in [-0.05, 0) is 38.3 Å². The summed E-state index contributed by atoms with van der Waals surface area (Å²) >= 11 is 0. The van der Waals surface area contributed by atoms with E-state index < -0.39 is 0 Å². The van der Waals surface area contributed by atoms with Crippen molar-refractivity contribution in [2.75, 3.05) is 6.61 Å². The number of hydrogen-bond donors (Lipinski definition) is 0. The summed E-state index contributed by atoms with van der Waals surface area (Å²) in [6.07, 6.45) is 7.87. The molecule has 0 spiro atoms. The third-order valence-electron chi connectivity index (χ3n) is 3.22. The van der Waals surface area contributed by atoms with Crippen molar-refractivity contribution in [3.05, 3.63) is 34.9 Å². The fourth-order valence-electron chi connectivity index (χ4n) is 2.17. The van der Waals surface area contributed by atoms with Gasteiger partial charge in [0.05, 0.1) is 0 Å². The van der Waals surface area contributed by atoms with Gasteiger partial charge in [0.25, 0.3) is 0 Å². The van der Waals surface area contributed by atoms with E-state index in [-0.39, 0.29) is 18.0 Å². The Kier molecular flexibility index (Phi) is 4.20. The first-order valence-corrected chi connectivity index (χ1v) is 6.46. The minimum absolute atomic E-state index is 0.126. The van der Waals surface area contributed by atoms with Crippen LogP contribution in [0.5, 0.6) is 0 Å². The maximum absolute atomic E-state index is 11.2. The molecule has 0 aromatic carbocycles. The highest BCUT2D eigenvalue weighted by molar-refractivity contribution is 5.90. The summed E-state index contributed by atoms with van der Waals surface area (Å²) < 4.78 is 10.0. The molecule has 0 radical (unpaired) electrons. The van der Waals surface area contributed by atoms with Crippen molar-refractivity contribution in [3.8, 4) is 0 Å². The second-order valence-corrected chi connectivity index (χ2v) is 5.00. The zero-order chi connectivity index (χ0) is 13.8. The predicted octanol–water partition coefficient (Wildman–Crippen LogP) is 2.46. The van der Waals surface area contributed by atoms with E-state index in [1.165, 1.54) is 5.57 Å². The smallest absolute Gasteiger partial charge is 0.334 e. The van der Waals surface area contributed by atoms with E-state index in [0.717, 1.165) is 24.8 Å². The molecule has 0 aliphatic carbocycles. The lowest BCUT2D eigenvalue weighted by atomic mass is 10.1. The zero-order valence-corrected chi connectivity index (χ0v) is 11.3. The van der Waals surface area contributed by atoms with E-state index in [4.69, 9.17) is 9.47 Å². The average molecular weight is 262 g/mol. The molecule has 0 fully saturated rings. The summed E-state index contributed by atoms with van der Waals surface area (Å²) in [5.41, 5.74) is 2.91. The summed E-state index contributed by atoms with van der Waals surface area (Å²) in [7, 11) is 0. The molecule has 0 N–H and O–H groups in total. The molecule has 4 heteroatoms. The van der Waals surface area contributed by atoms with Crippen LogP contribution in [0.1, 0.15) is 33.1 Å². The van der Waals surface area contributed by atoms with Gasteiger partial charge in [-0.25, -0.2) is 9.59 Å². The number of carbonyl (C=O) groups excluding carboxylic acids is 2. The van der Waals surface area contributed by atoms with Crippen LogP contribution in [0.3, 0.4) is 0 Å². The Bertz CT molecular complexity index is 482. The molecule has 1 atom stereocenters. The molecule has 102 valence electrons. The van der Waals surface area contributed by atoms with Crippen LogP contribution in [0, 0.1) is 0 Å². The largest absolute Gasteiger partial charge is 0.458 e. The normalized spacial score (nSPS) is 23.1. The van der Waals surface area contributed by atoms with Gasteiger partial charge in [-0.3, -0.25) is 0 Å². The summed E-state index contributed by atoms with van der Waals surface area (Å²) in [4.78, 5) is 22.1. The molecule has 0 saturated heterocycles. The molecule has 0 aromatic heterocycles. The summed E-state index contributed by atoms with van der Waals surface area (Å²) in [6.45, 7) is 4.22. The van der Waals surface area contributed by atoms with Crippen molar-refractivity contribution in [2.45, 2.75) is 39.2 Å². The average Bonchev–Trinajstić information content (AvgIpc) is 2.86. The van der Waals surface area contributed by atoms with Crippen LogP contribution in [0.2, 0.25) is 0 Å². The summed E-state index contributed by atoms with van der Waals surface area (Å²) in [5.74, 6) is -0.459. The van der Waals surface area contributed by atoms with Crippen molar-refractivity contribution in [1.29, 1.82) is 0 Å². The molecule has 2 heterocycles. The Morgan fingerprint density at radius 3 is 2.84 bits per heavy atom. The van der Waals surface area contributed by atoms with Gasteiger partial charge in [0.15, 0.2) is 0 Å². The SMILES string of the molecule is CC(=CCCC1=CC(=O)OC1)CC1C=C(C)C(=O)O1. The van der Waals surface area contributed by atoms with Crippen molar-refractivity contribution in [2.24, 2.45) is 0 Å². The molecule has 2 aliphatic rings. The molecular formula is C15H18O4. The highest BCUT2D eigenvalue weighted by Gasteiger charge is 2.21. The third kappa shape index (κ3) is 3.81. The van der Waals surface area contributed by atoms with Crippen LogP contribution in [0.15, 0.2) is 34.9 Å². The Labute approximate surface area is 112 Å². The van der Waals surface area contributed by atoms with Crippen molar-refractivity contribution < 1.29 is 19.1 Å². The fourth-order valence-corrected chi connectivity index (χ4v) is 2.17. The zero-order valence-electron chi connectivity index (χ0n) is 11.3. The number of rotatable bonds is 5. The molecule has 4 nitrogen and oxygen atoms in total. The van der Waals surface area contributed by atoms with Crippen LogP contribution in [0.4, 0.5) is 0 Å². The van der Waals surface area contributed by atoms with Crippen molar-refractivity contribution in [3.63, 3.8) is 0 Å². The molecule has 2 rings (SSSR count). The standard InChI is InChI=1S/C15H18O4/c1-10(6-13-7-11(2)15(17)19-13)4-3-5-12-8-14(16)18-9-12/h4,7-8,13H,3,5-6,9H2,1-2H3. The fraction of sp³-hybridized carbons (Fsp3) is 0.467. The molecule has 0 amide bonds. The first-order valence-electron chi connectivity index (χ1n) is 6.46. The van der Waals surface area contributed by atoms with Crippen LogP contribution >= 0.6 is 0 Å². The minimum Gasteiger partial charge on any atom is -0.458 e. The van der Waals surface area contributed by atoms with E-state index in [9.17, 15) is 9.59 Å². The number of allylic oxidation sites excluding steroid dienone is 1. The molecule has 0 saturated carbocycles. The first-order chi connectivity index (χ1) is 9.04. The van der Waals surface area contributed by atoms with Gasteiger partial charge in [-0.15, -0.1) is 0 Å². The topological polar surface area (TPSA) is 52.6 Å². The van der Waals surface area contributed by atoms with E-state index in [0.29, 0.717) is 12.2 Å². The maximum atomic E-state index is 11.2. The monoisotopic (exact) mass is 262 g/mol. The number of hydrogen-bond acceptors (Lipinski definition) is 4. The van der Waals surface area contributed by atoms with Crippen LogP contribution < -0.4 is 0 Å². The van der Waals surface area contributed by atoms with Crippen molar-refractivity contribution >= 4 is 11.9 Å². The van der Waals surface area contributed by atoms with Gasteiger partial charge in [-0.1, -0.05) is 11.6 Å². The van der Waals surface area contributed by atoms with Crippen LogP contribution in [-0.2, 0) is 19.1 Å². The Balaban J connectivity index is 1.76. The third-order valence-corrected chi connectivity index (χ3v) is 3.22. The minimum atomic E-state index is -0.241. The van der Waals surface area contributed by atoms with Gasteiger partial charge in [0.2, 0.25) is 0 Å². The van der Waals surface area contributed by atoms with Gasteiger partial charge >= 0.3 is 11.9 Å². The van der Waals surface area contributed by atoms with Crippen molar-refractivity contribution in [1.82, 2.24) is 0 Å². The molecule has 19 heavy (non-hydrogen) atoms. The lowest BCUT2D eigenvalue weighted by Gasteiger charge is -2.08. The number of cyclic esters (lactones) is 2. The van der Waals surface area contributed by atoms with Crippen LogP contribution in [-0.4, -0.2) is 24.6 Å². The number of ether oxygens (including phenoxy) is 2. The number of carbonyl (C=O) groups is 2. The Hall–Kier alpha value is -1.84. The highest BCUT2D eigenvalue weighted by Crippen LogP contribution is 2.20. The highest BCUT2D eigenvalue weighted by atomic mass is 16.5. The van der Waals surface area contributed by atoms with E-state index in [2.05, 4.69) is 6.08 Å². The van der Waals surface area contributed by atoms with Gasteiger partial charge in [0.1, 0.15) is 12.7 Å². The molecule has 0 aromatic rings. The van der Waals surface area contributed by atoms with Gasteiger partial charge in [0, 0.05) is 18.1 Å². The van der Waals surface area contributed by atoms with Gasteiger partial charge in [-0.2, -0.15) is 0 Å². The number of esters is 2. The lowest BCUT2D eigenvalue weighted by molar-refractivity contribution is -0.139. The van der Waals surface area contributed by atoms with Crippen LogP contribution in [0.25, 0.3) is 0 Å². The molecule has 0 bridgehead atoms. The molecule has 1 unspecified atom stereocenters. The predicted molar refractivity (Wildman–Crippen MR) is 70.3 cm³/mol. The first kappa shape index (κ1) is 13.6. The molecular weight excluding hydrogens is 244 g/mol. The second kappa shape index (κ2) is 5.87. The Morgan fingerprint density at radius 2 is 2.26 bits per heavy atom. The maximum Gasteiger partial charge on any atom is 0.334 e. The van der Waals surface area contributed by atoms with E-state index in [1.54, 1.807) is 13.0 Å². The van der Waals surface area contributed by atoms with E-state index >= 15 is 0 Å².